The Bertz CT molecular complexity index is 881. The Morgan fingerprint density at radius 2 is 2.04 bits per heavy atom. The second-order valence-electron chi connectivity index (χ2n) is 6.43. The fourth-order valence-corrected chi connectivity index (χ4v) is 3.81. The molecule has 0 N–H and O–H groups in total. The number of piperazine rings is 1. The minimum atomic E-state index is 0.0863. The maximum atomic E-state index is 12.9. The van der Waals surface area contributed by atoms with Gasteiger partial charge in [-0.25, -0.2) is 9.67 Å². The predicted octanol–water partition coefficient (Wildman–Crippen LogP) is 2.60. The smallest absolute Gasteiger partial charge is 0.254 e. The van der Waals surface area contributed by atoms with Crippen LogP contribution in [0.4, 0.5) is 0 Å². The summed E-state index contributed by atoms with van der Waals surface area (Å²) >= 11 is 1.69. The Morgan fingerprint density at radius 1 is 1.19 bits per heavy atom. The highest BCUT2D eigenvalue weighted by atomic mass is 32.1. The van der Waals surface area contributed by atoms with Crippen molar-refractivity contribution < 1.29 is 4.79 Å². The number of thiazole rings is 1. The second kappa shape index (κ2) is 7.39. The van der Waals surface area contributed by atoms with Gasteiger partial charge in [0.1, 0.15) is 0 Å². The highest BCUT2D eigenvalue weighted by Crippen LogP contribution is 2.15. The fraction of sp³-hybridized carbons (Fsp3) is 0.316. The van der Waals surface area contributed by atoms with Crippen molar-refractivity contribution in [1.29, 1.82) is 0 Å². The van der Waals surface area contributed by atoms with Gasteiger partial charge in [-0.15, -0.1) is 11.3 Å². The van der Waals surface area contributed by atoms with Gasteiger partial charge in [-0.05, 0) is 31.2 Å². The summed E-state index contributed by atoms with van der Waals surface area (Å²) in [6.07, 6.45) is 3.61. The molecule has 1 saturated heterocycles. The summed E-state index contributed by atoms with van der Waals surface area (Å²) in [5, 5.41) is 7.45. The molecular weight excluding hydrogens is 346 g/mol. The molecule has 1 aromatic carbocycles. The number of carbonyl (C=O) groups is 1. The van der Waals surface area contributed by atoms with Crippen LogP contribution in [0.2, 0.25) is 0 Å². The molecular formula is C19H21N5OS. The molecule has 0 aliphatic carbocycles. The lowest BCUT2D eigenvalue weighted by atomic mass is 10.1. The molecule has 0 spiro atoms. The standard InChI is InChI=1S/C19H21N5OS/c1-15-21-17(14-26-15)13-22-8-10-23(11-9-22)19(25)16-4-2-5-18(12-16)24-7-3-6-20-24/h2-7,12,14H,8-11,13H2,1H3. The molecule has 3 heterocycles. The van der Waals surface area contributed by atoms with Crippen LogP contribution in [0.1, 0.15) is 21.1 Å². The normalized spacial score (nSPS) is 15.3. The molecule has 26 heavy (non-hydrogen) atoms. The first kappa shape index (κ1) is 16.9. The van der Waals surface area contributed by atoms with E-state index in [-0.39, 0.29) is 5.91 Å². The molecule has 4 rings (SSSR count). The van der Waals surface area contributed by atoms with Crippen molar-refractivity contribution >= 4 is 17.2 Å². The number of nitrogens with zero attached hydrogens (tertiary/aromatic N) is 5. The monoisotopic (exact) mass is 367 g/mol. The number of hydrogen-bond donors (Lipinski definition) is 0. The van der Waals surface area contributed by atoms with Crippen molar-refractivity contribution in [1.82, 2.24) is 24.6 Å². The summed E-state index contributed by atoms with van der Waals surface area (Å²) in [7, 11) is 0. The van der Waals surface area contributed by atoms with E-state index in [0.717, 1.165) is 49.1 Å². The van der Waals surface area contributed by atoms with Crippen LogP contribution in [0.3, 0.4) is 0 Å². The molecule has 0 unspecified atom stereocenters. The zero-order valence-electron chi connectivity index (χ0n) is 14.7. The summed E-state index contributed by atoms with van der Waals surface area (Å²) in [5.74, 6) is 0.0863. The summed E-state index contributed by atoms with van der Waals surface area (Å²) in [4.78, 5) is 21.7. The lowest BCUT2D eigenvalue weighted by Crippen LogP contribution is -2.48. The van der Waals surface area contributed by atoms with Gasteiger partial charge in [0.2, 0.25) is 0 Å². The highest BCUT2D eigenvalue weighted by Gasteiger charge is 2.22. The maximum Gasteiger partial charge on any atom is 0.254 e. The highest BCUT2D eigenvalue weighted by molar-refractivity contribution is 7.09. The number of benzene rings is 1. The number of aryl methyl sites for hydroxylation is 1. The Morgan fingerprint density at radius 3 is 2.73 bits per heavy atom. The fourth-order valence-electron chi connectivity index (χ4n) is 3.20. The van der Waals surface area contributed by atoms with Crippen molar-refractivity contribution in [3.63, 3.8) is 0 Å². The topological polar surface area (TPSA) is 54.3 Å². The quantitative estimate of drug-likeness (QED) is 0.711. The largest absolute Gasteiger partial charge is 0.336 e. The lowest BCUT2D eigenvalue weighted by Gasteiger charge is -2.34. The van der Waals surface area contributed by atoms with Gasteiger partial charge in [-0.3, -0.25) is 9.69 Å². The third-order valence-corrected chi connectivity index (χ3v) is 5.40. The van der Waals surface area contributed by atoms with E-state index in [2.05, 4.69) is 20.4 Å². The van der Waals surface area contributed by atoms with Crippen molar-refractivity contribution in [3.8, 4) is 5.69 Å². The second-order valence-corrected chi connectivity index (χ2v) is 7.49. The molecule has 2 aromatic heterocycles. The van der Waals surface area contributed by atoms with E-state index in [1.54, 1.807) is 22.2 Å². The van der Waals surface area contributed by atoms with Crippen LogP contribution in [0.25, 0.3) is 5.69 Å². The molecule has 0 atom stereocenters. The molecule has 134 valence electrons. The summed E-state index contributed by atoms with van der Waals surface area (Å²) in [6.45, 7) is 6.13. The van der Waals surface area contributed by atoms with Crippen LogP contribution < -0.4 is 0 Å². The van der Waals surface area contributed by atoms with E-state index in [9.17, 15) is 4.79 Å². The van der Waals surface area contributed by atoms with Gasteiger partial charge in [0.05, 0.1) is 16.4 Å². The van der Waals surface area contributed by atoms with Crippen LogP contribution in [-0.2, 0) is 6.54 Å². The van der Waals surface area contributed by atoms with E-state index < -0.39 is 0 Å². The first-order valence-corrected chi connectivity index (χ1v) is 9.60. The molecule has 0 saturated carbocycles. The molecule has 7 heteroatoms. The first-order valence-electron chi connectivity index (χ1n) is 8.72. The van der Waals surface area contributed by atoms with Crippen LogP contribution in [0, 0.1) is 6.92 Å². The third-order valence-electron chi connectivity index (χ3n) is 4.57. The zero-order valence-corrected chi connectivity index (χ0v) is 15.5. The van der Waals surface area contributed by atoms with E-state index in [4.69, 9.17) is 0 Å². The van der Waals surface area contributed by atoms with Gasteiger partial charge in [0.25, 0.3) is 5.91 Å². The number of amides is 1. The number of hydrogen-bond acceptors (Lipinski definition) is 5. The molecule has 1 aliphatic rings. The average molecular weight is 367 g/mol. The van der Waals surface area contributed by atoms with E-state index in [0.29, 0.717) is 5.56 Å². The molecule has 1 fully saturated rings. The Balaban J connectivity index is 1.38. The minimum absolute atomic E-state index is 0.0863. The number of rotatable bonds is 4. The van der Waals surface area contributed by atoms with Crippen LogP contribution >= 0.6 is 11.3 Å². The van der Waals surface area contributed by atoms with Gasteiger partial charge < -0.3 is 4.90 Å². The molecule has 3 aromatic rings. The number of carbonyl (C=O) groups excluding carboxylic acids is 1. The van der Waals surface area contributed by atoms with Crippen LogP contribution in [-0.4, -0.2) is 56.7 Å². The first-order chi connectivity index (χ1) is 12.7. The molecule has 0 radical (unpaired) electrons. The Kier molecular flexibility index (Phi) is 4.81. The van der Waals surface area contributed by atoms with Crippen LogP contribution in [0.15, 0.2) is 48.1 Å². The van der Waals surface area contributed by atoms with Crippen molar-refractivity contribution in [2.75, 3.05) is 26.2 Å². The van der Waals surface area contributed by atoms with Crippen molar-refractivity contribution in [2.45, 2.75) is 13.5 Å². The van der Waals surface area contributed by atoms with E-state index in [1.165, 1.54) is 0 Å². The molecule has 6 nitrogen and oxygen atoms in total. The Labute approximate surface area is 156 Å². The SMILES string of the molecule is Cc1nc(CN2CCN(C(=O)c3cccc(-n4cccn4)c3)CC2)cs1. The molecule has 1 aliphatic heterocycles. The molecule has 1 amide bonds. The van der Waals surface area contributed by atoms with Crippen molar-refractivity contribution in [2.24, 2.45) is 0 Å². The summed E-state index contributed by atoms with van der Waals surface area (Å²) in [5.41, 5.74) is 2.74. The summed E-state index contributed by atoms with van der Waals surface area (Å²) < 4.78 is 1.77. The van der Waals surface area contributed by atoms with Gasteiger partial charge in [-0.1, -0.05) is 6.07 Å². The lowest BCUT2D eigenvalue weighted by molar-refractivity contribution is 0.0627. The van der Waals surface area contributed by atoms with Crippen molar-refractivity contribution in [3.05, 3.63) is 64.4 Å². The zero-order chi connectivity index (χ0) is 17.9. The van der Waals surface area contributed by atoms with Gasteiger partial charge in [-0.2, -0.15) is 5.10 Å². The molecule has 0 bridgehead atoms. The minimum Gasteiger partial charge on any atom is -0.336 e. The van der Waals surface area contributed by atoms with Gasteiger partial charge >= 0.3 is 0 Å². The van der Waals surface area contributed by atoms with Gasteiger partial charge in [0, 0.05) is 56.1 Å². The predicted molar refractivity (Wildman–Crippen MR) is 102 cm³/mol. The van der Waals surface area contributed by atoms with E-state index >= 15 is 0 Å². The third kappa shape index (κ3) is 3.68. The van der Waals surface area contributed by atoms with Crippen LogP contribution in [0.5, 0.6) is 0 Å². The summed E-state index contributed by atoms with van der Waals surface area (Å²) in [6, 6.07) is 9.51. The number of aromatic nitrogens is 3. The maximum absolute atomic E-state index is 12.9. The Hall–Kier alpha value is -2.51. The van der Waals surface area contributed by atoms with Gasteiger partial charge in [0.15, 0.2) is 0 Å². The average Bonchev–Trinajstić information content (AvgIpc) is 3.34. The van der Waals surface area contributed by atoms with E-state index in [1.807, 2.05) is 48.4 Å².